The second-order valence-corrected chi connectivity index (χ2v) is 6.77. The quantitative estimate of drug-likeness (QED) is 0.796. The summed E-state index contributed by atoms with van der Waals surface area (Å²) in [5, 5.41) is 13.0. The zero-order valence-corrected chi connectivity index (χ0v) is 13.3. The normalized spacial score (nSPS) is 21.1. The number of likely N-dealkylation sites (tertiary alicyclic amines) is 1. The van der Waals surface area contributed by atoms with Crippen LogP contribution in [0.3, 0.4) is 0 Å². The zero-order valence-electron chi connectivity index (χ0n) is 13.3. The molecule has 20 heavy (non-hydrogen) atoms. The van der Waals surface area contributed by atoms with Crippen molar-refractivity contribution in [2.24, 2.45) is 11.3 Å². The molecule has 0 aliphatic carbocycles. The predicted octanol–water partition coefficient (Wildman–Crippen LogP) is 1.16. The van der Waals surface area contributed by atoms with E-state index < -0.39 is 6.10 Å². The first-order chi connectivity index (χ1) is 9.16. The first-order valence-corrected chi connectivity index (χ1v) is 7.40. The minimum Gasteiger partial charge on any atom is -0.392 e. The molecule has 0 aromatic carbocycles. The highest BCUT2D eigenvalue weighted by atomic mass is 16.3. The fraction of sp³-hybridized carbons (Fsp3) is 0.867. The maximum absolute atomic E-state index is 12.2. The van der Waals surface area contributed by atoms with Gasteiger partial charge in [0.05, 0.1) is 6.10 Å². The standard InChI is InChI=1S/C15H28N2O3/c1-10(2)13(19)15(4,5)9-16-14(20)12-7-6-8-17(12)11(3)18/h10,12-13,19H,6-9H2,1-5H3,(H,16,20). The Kier molecular flexibility index (Phi) is 5.57. The molecule has 5 nitrogen and oxygen atoms in total. The Balaban J connectivity index is 2.57. The molecule has 2 unspecified atom stereocenters. The fourth-order valence-corrected chi connectivity index (χ4v) is 2.86. The second kappa shape index (κ2) is 6.57. The van der Waals surface area contributed by atoms with Crippen molar-refractivity contribution in [3.05, 3.63) is 0 Å². The van der Waals surface area contributed by atoms with Crippen molar-refractivity contribution < 1.29 is 14.7 Å². The average Bonchev–Trinajstić information content (AvgIpc) is 2.84. The van der Waals surface area contributed by atoms with E-state index in [-0.39, 0.29) is 29.2 Å². The van der Waals surface area contributed by atoms with Crippen LogP contribution in [-0.4, -0.2) is 47.1 Å². The molecule has 2 amide bonds. The molecule has 2 N–H and O–H groups in total. The van der Waals surface area contributed by atoms with Crippen molar-refractivity contribution in [2.75, 3.05) is 13.1 Å². The summed E-state index contributed by atoms with van der Waals surface area (Å²) in [6, 6.07) is -0.348. The number of rotatable bonds is 5. The molecule has 0 spiro atoms. The van der Waals surface area contributed by atoms with Gasteiger partial charge in [-0.3, -0.25) is 9.59 Å². The lowest BCUT2D eigenvalue weighted by atomic mass is 9.80. The van der Waals surface area contributed by atoms with Gasteiger partial charge in [-0.1, -0.05) is 27.7 Å². The predicted molar refractivity (Wildman–Crippen MR) is 78.0 cm³/mol. The van der Waals surface area contributed by atoms with Gasteiger partial charge in [0.25, 0.3) is 0 Å². The third-order valence-electron chi connectivity index (χ3n) is 4.11. The van der Waals surface area contributed by atoms with Gasteiger partial charge < -0.3 is 15.3 Å². The molecule has 1 saturated heterocycles. The largest absolute Gasteiger partial charge is 0.392 e. The van der Waals surface area contributed by atoms with E-state index in [2.05, 4.69) is 5.32 Å². The number of nitrogens with one attached hydrogen (secondary N) is 1. The molecule has 0 aromatic heterocycles. The van der Waals surface area contributed by atoms with E-state index in [0.29, 0.717) is 13.1 Å². The van der Waals surface area contributed by atoms with Gasteiger partial charge in [-0.2, -0.15) is 0 Å². The Labute approximate surface area is 121 Å². The van der Waals surface area contributed by atoms with Crippen molar-refractivity contribution in [2.45, 2.75) is 59.6 Å². The number of aliphatic hydroxyl groups excluding tert-OH is 1. The van der Waals surface area contributed by atoms with E-state index in [1.807, 2.05) is 27.7 Å². The third-order valence-corrected chi connectivity index (χ3v) is 4.11. The maximum atomic E-state index is 12.2. The molecule has 1 heterocycles. The van der Waals surface area contributed by atoms with Gasteiger partial charge in [0.15, 0.2) is 0 Å². The van der Waals surface area contributed by atoms with Gasteiger partial charge in [0.1, 0.15) is 6.04 Å². The van der Waals surface area contributed by atoms with Crippen molar-refractivity contribution in [3.63, 3.8) is 0 Å². The molecule has 116 valence electrons. The zero-order chi connectivity index (χ0) is 15.5. The number of carbonyl (C=O) groups is 2. The lowest BCUT2D eigenvalue weighted by Gasteiger charge is -2.34. The van der Waals surface area contributed by atoms with Crippen molar-refractivity contribution >= 4 is 11.8 Å². The number of nitrogens with zero attached hydrogens (tertiary/aromatic N) is 1. The van der Waals surface area contributed by atoms with Crippen LogP contribution in [0.4, 0.5) is 0 Å². The molecular formula is C15H28N2O3. The summed E-state index contributed by atoms with van der Waals surface area (Å²) in [6.07, 6.45) is 1.11. The summed E-state index contributed by atoms with van der Waals surface area (Å²) in [7, 11) is 0. The topological polar surface area (TPSA) is 69.6 Å². The Bertz CT molecular complexity index is 366. The summed E-state index contributed by atoms with van der Waals surface area (Å²) in [5.74, 6) is -0.0204. The van der Waals surface area contributed by atoms with Crippen LogP contribution in [0, 0.1) is 11.3 Å². The highest BCUT2D eigenvalue weighted by Gasteiger charge is 2.35. The molecule has 1 aliphatic heterocycles. The Morgan fingerprint density at radius 2 is 2.00 bits per heavy atom. The van der Waals surface area contributed by atoms with E-state index >= 15 is 0 Å². The molecule has 0 saturated carbocycles. The molecule has 0 bridgehead atoms. The van der Waals surface area contributed by atoms with E-state index in [9.17, 15) is 14.7 Å². The van der Waals surface area contributed by atoms with E-state index in [4.69, 9.17) is 0 Å². The molecule has 2 atom stereocenters. The maximum Gasteiger partial charge on any atom is 0.242 e. The summed E-state index contributed by atoms with van der Waals surface area (Å²) in [4.78, 5) is 25.3. The number of hydrogen-bond donors (Lipinski definition) is 2. The summed E-state index contributed by atoms with van der Waals surface area (Å²) in [6.45, 7) is 10.4. The minimum absolute atomic E-state index is 0.0517. The third kappa shape index (κ3) is 3.95. The number of carbonyl (C=O) groups excluding carboxylic acids is 2. The average molecular weight is 284 g/mol. The van der Waals surface area contributed by atoms with Crippen LogP contribution in [0.15, 0.2) is 0 Å². The first kappa shape index (κ1) is 17.0. The van der Waals surface area contributed by atoms with Gasteiger partial charge in [-0.25, -0.2) is 0 Å². The van der Waals surface area contributed by atoms with Crippen LogP contribution >= 0.6 is 0 Å². The molecule has 5 heteroatoms. The van der Waals surface area contributed by atoms with Crippen molar-refractivity contribution in [3.8, 4) is 0 Å². The van der Waals surface area contributed by atoms with Gasteiger partial charge in [0.2, 0.25) is 11.8 Å². The Hall–Kier alpha value is -1.10. The van der Waals surface area contributed by atoms with Gasteiger partial charge in [-0.15, -0.1) is 0 Å². The minimum atomic E-state index is -0.477. The highest BCUT2D eigenvalue weighted by Crippen LogP contribution is 2.25. The van der Waals surface area contributed by atoms with Crippen molar-refractivity contribution in [1.29, 1.82) is 0 Å². The lowest BCUT2D eigenvalue weighted by Crippen LogP contribution is -2.49. The van der Waals surface area contributed by atoms with Crippen LogP contribution in [0.2, 0.25) is 0 Å². The monoisotopic (exact) mass is 284 g/mol. The SMILES string of the molecule is CC(=O)N1CCCC1C(=O)NCC(C)(C)C(O)C(C)C. The van der Waals surface area contributed by atoms with E-state index in [0.717, 1.165) is 12.8 Å². The van der Waals surface area contributed by atoms with Crippen LogP contribution < -0.4 is 5.32 Å². The highest BCUT2D eigenvalue weighted by molar-refractivity contribution is 5.87. The number of aliphatic hydroxyl groups is 1. The van der Waals surface area contributed by atoms with E-state index in [1.54, 1.807) is 4.90 Å². The van der Waals surface area contributed by atoms with Crippen LogP contribution in [0.5, 0.6) is 0 Å². The van der Waals surface area contributed by atoms with Gasteiger partial charge in [0, 0.05) is 25.4 Å². The first-order valence-electron chi connectivity index (χ1n) is 7.40. The Morgan fingerprint density at radius 1 is 1.40 bits per heavy atom. The fourth-order valence-electron chi connectivity index (χ4n) is 2.86. The number of hydrogen-bond acceptors (Lipinski definition) is 3. The summed E-state index contributed by atoms with van der Waals surface area (Å²) < 4.78 is 0. The summed E-state index contributed by atoms with van der Waals surface area (Å²) >= 11 is 0. The van der Waals surface area contributed by atoms with Crippen molar-refractivity contribution in [1.82, 2.24) is 10.2 Å². The van der Waals surface area contributed by atoms with Crippen LogP contribution in [-0.2, 0) is 9.59 Å². The molecule has 1 rings (SSSR count). The van der Waals surface area contributed by atoms with Crippen LogP contribution in [0.1, 0.15) is 47.5 Å². The smallest absolute Gasteiger partial charge is 0.242 e. The Morgan fingerprint density at radius 3 is 2.50 bits per heavy atom. The summed E-state index contributed by atoms with van der Waals surface area (Å²) in [5.41, 5.74) is -0.385. The van der Waals surface area contributed by atoms with Gasteiger partial charge in [-0.05, 0) is 18.8 Å². The van der Waals surface area contributed by atoms with Gasteiger partial charge >= 0.3 is 0 Å². The molecule has 0 aromatic rings. The van der Waals surface area contributed by atoms with E-state index in [1.165, 1.54) is 6.92 Å². The second-order valence-electron chi connectivity index (χ2n) is 6.77. The molecule has 1 fully saturated rings. The van der Waals surface area contributed by atoms with Crippen LogP contribution in [0.25, 0.3) is 0 Å². The molecule has 0 radical (unpaired) electrons. The number of amides is 2. The molecular weight excluding hydrogens is 256 g/mol. The molecule has 1 aliphatic rings. The lowest BCUT2D eigenvalue weighted by molar-refractivity contribution is -0.137.